The number of benzene rings is 1. The number of carbonyl (C=O) groups excluding carboxylic acids is 1. The predicted octanol–water partition coefficient (Wildman–Crippen LogP) is 2.84. The molecule has 2 atom stereocenters. The van der Waals surface area contributed by atoms with Gasteiger partial charge in [-0.05, 0) is 24.5 Å². The van der Waals surface area contributed by atoms with Crippen molar-refractivity contribution in [1.82, 2.24) is 4.90 Å². The number of rotatable bonds is 2. The van der Waals surface area contributed by atoms with E-state index in [1.807, 2.05) is 6.92 Å². The summed E-state index contributed by atoms with van der Waals surface area (Å²) in [6, 6.07) is 4.85. The normalized spacial score (nSPS) is 23.4. The Kier molecular flexibility index (Phi) is 4.15. The highest BCUT2D eigenvalue weighted by Crippen LogP contribution is 2.30. The summed E-state index contributed by atoms with van der Waals surface area (Å²) in [6.45, 7) is 2.63. The second-order valence-electron chi connectivity index (χ2n) is 4.61. The maximum absolute atomic E-state index is 12.4. The molecule has 2 rings (SSSR count). The van der Waals surface area contributed by atoms with E-state index in [4.69, 9.17) is 23.2 Å². The van der Waals surface area contributed by atoms with Gasteiger partial charge in [0.1, 0.15) is 0 Å². The number of halogens is 2. The van der Waals surface area contributed by atoms with E-state index in [2.05, 4.69) is 0 Å². The van der Waals surface area contributed by atoms with E-state index in [9.17, 15) is 9.90 Å². The molecule has 0 aliphatic carbocycles. The van der Waals surface area contributed by atoms with Gasteiger partial charge in [-0.2, -0.15) is 0 Å². The van der Waals surface area contributed by atoms with Crippen LogP contribution < -0.4 is 0 Å². The molecule has 2 unspecified atom stereocenters. The Labute approximate surface area is 116 Å². The number of hydrogen-bond acceptors (Lipinski definition) is 2. The van der Waals surface area contributed by atoms with Gasteiger partial charge in [-0.15, -0.1) is 0 Å². The highest BCUT2D eigenvalue weighted by atomic mass is 35.5. The number of carbonyl (C=O) groups is 1. The van der Waals surface area contributed by atoms with Crippen molar-refractivity contribution >= 4 is 29.1 Å². The Hall–Kier alpha value is -0.770. The van der Waals surface area contributed by atoms with Crippen molar-refractivity contribution in [3.63, 3.8) is 0 Å². The van der Waals surface area contributed by atoms with Gasteiger partial charge in [0.25, 0.3) is 5.91 Å². The average molecular weight is 288 g/mol. The molecule has 1 heterocycles. The number of likely N-dealkylation sites (tertiary alicyclic amines) is 1. The van der Waals surface area contributed by atoms with Crippen molar-refractivity contribution in [2.45, 2.75) is 19.4 Å². The third-order valence-corrected chi connectivity index (χ3v) is 4.14. The summed E-state index contributed by atoms with van der Waals surface area (Å²) in [5, 5.41) is 10.1. The Morgan fingerprint density at radius 2 is 2.06 bits per heavy atom. The van der Waals surface area contributed by atoms with Crippen molar-refractivity contribution < 1.29 is 9.90 Å². The largest absolute Gasteiger partial charge is 0.394 e. The Morgan fingerprint density at radius 3 is 2.61 bits per heavy atom. The molecule has 0 spiro atoms. The Bertz CT molecular complexity index is 444. The lowest BCUT2D eigenvalue weighted by molar-refractivity contribution is 0.0648. The van der Waals surface area contributed by atoms with Gasteiger partial charge in [-0.1, -0.05) is 36.2 Å². The minimum atomic E-state index is -0.200. The molecule has 0 bridgehead atoms. The average Bonchev–Trinajstić information content (AvgIpc) is 2.69. The molecule has 1 aromatic carbocycles. The maximum Gasteiger partial charge on any atom is 0.257 e. The summed E-state index contributed by atoms with van der Waals surface area (Å²) in [5.74, 6) is 0.0919. The molecule has 0 saturated carbocycles. The molecule has 0 radical (unpaired) electrons. The van der Waals surface area contributed by atoms with E-state index in [1.165, 1.54) is 0 Å². The van der Waals surface area contributed by atoms with Crippen LogP contribution in [-0.4, -0.2) is 35.1 Å². The second-order valence-corrected chi connectivity index (χ2v) is 5.43. The van der Waals surface area contributed by atoms with Gasteiger partial charge in [-0.25, -0.2) is 0 Å². The Morgan fingerprint density at radius 1 is 1.44 bits per heavy atom. The zero-order valence-corrected chi connectivity index (χ0v) is 11.6. The molecular weight excluding hydrogens is 273 g/mol. The zero-order chi connectivity index (χ0) is 13.3. The molecule has 1 amide bonds. The SMILES string of the molecule is CC1CCN(C(=O)c2c(Cl)cccc2Cl)C1CO. The molecule has 1 aliphatic rings. The first-order valence-electron chi connectivity index (χ1n) is 5.92. The van der Waals surface area contributed by atoms with Crippen molar-refractivity contribution in [3.8, 4) is 0 Å². The van der Waals surface area contributed by atoms with E-state index in [0.29, 0.717) is 28.1 Å². The maximum atomic E-state index is 12.4. The van der Waals surface area contributed by atoms with Crippen molar-refractivity contribution in [1.29, 1.82) is 0 Å². The van der Waals surface area contributed by atoms with Crippen molar-refractivity contribution in [2.75, 3.05) is 13.2 Å². The monoisotopic (exact) mass is 287 g/mol. The van der Waals surface area contributed by atoms with Crippen LogP contribution >= 0.6 is 23.2 Å². The van der Waals surface area contributed by atoms with Gasteiger partial charge in [0, 0.05) is 6.54 Å². The van der Waals surface area contributed by atoms with E-state index >= 15 is 0 Å². The highest BCUT2D eigenvalue weighted by Gasteiger charge is 2.35. The van der Waals surface area contributed by atoms with Gasteiger partial charge in [0.15, 0.2) is 0 Å². The minimum Gasteiger partial charge on any atom is -0.394 e. The van der Waals surface area contributed by atoms with Crippen LogP contribution in [0, 0.1) is 5.92 Å². The summed E-state index contributed by atoms with van der Waals surface area (Å²) in [5.41, 5.74) is 0.327. The first-order valence-corrected chi connectivity index (χ1v) is 6.67. The summed E-state index contributed by atoms with van der Waals surface area (Å²) in [7, 11) is 0. The minimum absolute atomic E-state index is 0.0328. The zero-order valence-electron chi connectivity index (χ0n) is 10.1. The van der Waals surface area contributed by atoms with E-state index in [1.54, 1.807) is 23.1 Å². The van der Waals surface area contributed by atoms with Crippen LogP contribution in [0.5, 0.6) is 0 Å². The summed E-state index contributed by atoms with van der Waals surface area (Å²) in [4.78, 5) is 14.1. The molecule has 1 fully saturated rings. The van der Waals surface area contributed by atoms with Gasteiger partial charge in [0.2, 0.25) is 0 Å². The lowest BCUT2D eigenvalue weighted by atomic mass is 10.0. The summed E-state index contributed by atoms with van der Waals surface area (Å²) in [6.07, 6.45) is 0.888. The molecule has 5 heteroatoms. The van der Waals surface area contributed by atoms with Gasteiger partial charge in [-0.3, -0.25) is 4.79 Å². The molecule has 1 saturated heterocycles. The summed E-state index contributed by atoms with van der Waals surface area (Å²) < 4.78 is 0. The van der Waals surface area contributed by atoms with Crippen LogP contribution in [0.4, 0.5) is 0 Å². The van der Waals surface area contributed by atoms with Gasteiger partial charge < -0.3 is 10.0 Å². The first-order chi connectivity index (χ1) is 8.56. The fourth-order valence-electron chi connectivity index (χ4n) is 2.38. The second kappa shape index (κ2) is 5.47. The third kappa shape index (κ3) is 2.35. The van der Waals surface area contributed by atoms with Crippen LogP contribution in [-0.2, 0) is 0 Å². The Balaban J connectivity index is 2.32. The van der Waals surface area contributed by atoms with E-state index < -0.39 is 0 Å². The van der Waals surface area contributed by atoms with Crippen LogP contribution in [0.3, 0.4) is 0 Å². The lowest BCUT2D eigenvalue weighted by Gasteiger charge is -2.26. The quantitative estimate of drug-likeness (QED) is 0.909. The lowest BCUT2D eigenvalue weighted by Crippen LogP contribution is -2.40. The standard InChI is InChI=1S/C13H15Cl2NO2/c1-8-5-6-16(11(8)7-17)13(18)12-9(14)3-2-4-10(12)15/h2-4,8,11,17H,5-7H2,1H3. The van der Waals surface area contributed by atoms with Crippen LogP contribution in [0.25, 0.3) is 0 Å². The number of aliphatic hydroxyl groups is 1. The molecule has 1 N–H and O–H groups in total. The third-order valence-electron chi connectivity index (χ3n) is 3.51. The van der Waals surface area contributed by atoms with Crippen LogP contribution in [0.1, 0.15) is 23.7 Å². The summed E-state index contributed by atoms with van der Waals surface area (Å²) >= 11 is 12.1. The topological polar surface area (TPSA) is 40.5 Å². The number of aliphatic hydroxyl groups excluding tert-OH is 1. The molecule has 18 heavy (non-hydrogen) atoms. The number of amides is 1. The molecule has 1 aromatic rings. The fraction of sp³-hybridized carbons (Fsp3) is 0.462. The smallest absolute Gasteiger partial charge is 0.257 e. The highest BCUT2D eigenvalue weighted by molar-refractivity contribution is 6.39. The van der Waals surface area contributed by atoms with E-state index in [-0.39, 0.29) is 18.6 Å². The van der Waals surface area contributed by atoms with Crippen molar-refractivity contribution in [2.24, 2.45) is 5.92 Å². The molecule has 0 aromatic heterocycles. The fourth-order valence-corrected chi connectivity index (χ4v) is 2.94. The predicted molar refractivity (Wildman–Crippen MR) is 72.2 cm³/mol. The van der Waals surface area contributed by atoms with E-state index in [0.717, 1.165) is 6.42 Å². The molecule has 1 aliphatic heterocycles. The van der Waals surface area contributed by atoms with Gasteiger partial charge in [0.05, 0.1) is 28.3 Å². The number of nitrogens with zero attached hydrogens (tertiary/aromatic N) is 1. The van der Waals surface area contributed by atoms with Crippen LogP contribution in [0.2, 0.25) is 10.0 Å². The first kappa shape index (κ1) is 13.7. The van der Waals surface area contributed by atoms with Gasteiger partial charge >= 0.3 is 0 Å². The number of hydrogen-bond donors (Lipinski definition) is 1. The molecular formula is C13H15Cl2NO2. The van der Waals surface area contributed by atoms with Crippen LogP contribution in [0.15, 0.2) is 18.2 Å². The van der Waals surface area contributed by atoms with Crippen molar-refractivity contribution in [3.05, 3.63) is 33.8 Å². The molecule has 3 nitrogen and oxygen atoms in total. The molecule has 98 valence electrons.